The maximum atomic E-state index is 12.9. The summed E-state index contributed by atoms with van der Waals surface area (Å²) in [5.74, 6) is -1.25. The third kappa shape index (κ3) is 2.95. The number of carboxylic acid groups (broad SMARTS) is 1. The lowest BCUT2D eigenvalue weighted by Gasteiger charge is -2.07. The Morgan fingerprint density at radius 2 is 2.14 bits per heavy atom. The Labute approximate surface area is 128 Å². The predicted molar refractivity (Wildman–Crippen MR) is 75.0 cm³/mol. The van der Waals surface area contributed by atoms with Crippen LogP contribution < -0.4 is 4.72 Å². The molecule has 0 radical (unpaired) electrons. The lowest BCUT2D eigenvalue weighted by Crippen LogP contribution is -2.13. The van der Waals surface area contributed by atoms with Gasteiger partial charge in [0.15, 0.2) is 0 Å². The number of halogens is 2. The zero-order valence-corrected chi connectivity index (χ0v) is 13.0. The van der Waals surface area contributed by atoms with E-state index in [1.807, 2.05) is 4.72 Å². The minimum atomic E-state index is -4.17. The van der Waals surface area contributed by atoms with Gasteiger partial charge in [-0.3, -0.25) is 9.40 Å². The molecule has 0 atom stereocenters. The van der Waals surface area contributed by atoms with Crippen LogP contribution in [-0.4, -0.2) is 29.3 Å². The van der Waals surface area contributed by atoms with Crippen LogP contribution in [0.1, 0.15) is 27.4 Å². The van der Waals surface area contributed by atoms with Gasteiger partial charge in [0.25, 0.3) is 16.4 Å². The van der Waals surface area contributed by atoms with Gasteiger partial charge in [-0.2, -0.15) is 5.10 Å². The molecule has 0 fully saturated rings. The number of nitrogens with one attached hydrogen (secondary N) is 1. The van der Waals surface area contributed by atoms with Crippen LogP contribution in [0.5, 0.6) is 0 Å². The van der Waals surface area contributed by atoms with Crippen LogP contribution in [0.3, 0.4) is 0 Å². The Bertz CT molecular complexity index is 827. The van der Waals surface area contributed by atoms with Crippen molar-refractivity contribution >= 4 is 33.0 Å². The SMILES string of the molecule is Cc1cc(S(=O)(=O)Nc2cnn(C)c2C(F)F)sc1C(=O)O. The summed E-state index contributed by atoms with van der Waals surface area (Å²) in [4.78, 5) is 10.8. The van der Waals surface area contributed by atoms with Crippen LogP contribution >= 0.6 is 11.3 Å². The smallest absolute Gasteiger partial charge is 0.346 e. The largest absolute Gasteiger partial charge is 0.477 e. The van der Waals surface area contributed by atoms with Crippen LogP contribution in [0.25, 0.3) is 0 Å². The number of sulfonamides is 1. The Kier molecular flexibility index (Phi) is 4.20. The number of thiophene rings is 1. The van der Waals surface area contributed by atoms with Crippen LogP contribution in [-0.2, 0) is 17.1 Å². The average Bonchev–Trinajstić information content (AvgIpc) is 2.93. The fraction of sp³-hybridized carbons (Fsp3) is 0.273. The second-order valence-electron chi connectivity index (χ2n) is 4.36. The Morgan fingerprint density at radius 3 is 2.64 bits per heavy atom. The number of carbonyl (C=O) groups is 1. The fourth-order valence-corrected chi connectivity index (χ4v) is 4.21. The number of hydrogen-bond acceptors (Lipinski definition) is 5. The number of rotatable bonds is 5. The number of aryl methyl sites for hydroxylation is 2. The molecule has 0 aliphatic carbocycles. The van der Waals surface area contributed by atoms with Crippen molar-refractivity contribution in [2.75, 3.05) is 4.72 Å². The summed E-state index contributed by atoms with van der Waals surface area (Å²) in [7, 11) is -2.91. The van der Waals surface area contributed by atoms with E-state index >= 15 is 0 Å². The van der Waals surface area contributed by atoms with E-state index in [0.29, 0.717) is 11.3 Å². The summed E-state index contributed by atoms with van der Waals surface area (Å²) in [6.45, 7) is 1.45. The zero-order valence-electron chi connectivity index (χ0n) is 11.4. The van der Waals surface area contributed by atoms with E-state index in [4.69, 9.17) is 5.11 Å². The summed E-state index contributed by atoms with van der Waals surface area (Å²) < 4.78 is 52.8. The van der Waals surface area contributed by atoms with Gasteiger partial charge in [-0.05, 0) is 18.6 Å². The lowest BCUT2D eigenvalue weighted by molar-refractivity contribution is 0.0701. The summed E-state index contributed by atoms with van der Waals surface area (Å²) in [6.07, 6.45) is -1.94. The number of hydrogen-bond donors (Lipinski definition) is 2. The van der Waals surface area contributed by atoms with Crippen molar-refractivity contribution < 1.29 is 27.1 Å². The van der Waals surface area contributed by atoms with Gasteiger partial charge in [-0.1, -0.05) is 0 Å². The minimum Gasteiger partial charge on any atom is -0.477 e. The predicted octanol–water partition coefficient (Wildman–Crippen LogP) is 2.23. The highest BCUT2D eigenvalue weighted by Gasteiger charge is 2.26. The van der Waals surface area contributed by atoms with Crippen molar-refractivity contribution in [3.05, 3.63) is 28.4 Å². The molecule has 2 aromatic heterocycles. The molecule has 0 saturated heterocycles. The minimum absolute atomic E-state index is 0.124. The van der Waals surface area contributed by atoms with Gasteiger partial charge in [0, 0.05) is 7.05 Å². The lowest BCUT2D eigenvalue weighted by atomic mass is 10.3. The van der Waals surface area contributed by atoms with E-state index in [9.17, 15) is 22.0 Å². The van der Waals surface area contributed by atoms with E-state index < -0.39 is 28.1 Å². The third-order valence-corrected chi connectivity index (χ3v) is 5.85. The first-order valence-corrected chi connectivity index (χ1v) is 8.10. The van der Waals surface area contributed by atoms with Gasteiger partial charge >= 0.3 is 5.97 Å². The van der Waals surface area contributed by atoms with Gasteiger partial charge in [0.2, 0.25) is 0 Å². The van der Waals surface area contributed by atoms with E-state index in [0.717, 1.165) is 10.9 Å². The molecule has 0 aliphatic rings. The maximum Gasteiger partial charge on any atom is 0.346 e. The van der Waals surface area contributed by atoms with E-state index in [1.54, 1.807) is 0 Å². The van der Waals surface area contributed by atoms with Crippen LogP contribution in [0.15, 0.2) is 16.5 Å². The Balaban J connectivity index is 2.41. The van der Waals surface area contributed by atoms with Crippen molar-refractivity contribution in [2.45, 2.75) is 17.6 Å². The molecule has 120 valence electrons. The fourth-order valence-electron chi connectivity index (χ4n) is 1.78. The molecule has 0 aromatic carbocycles. The molecule has 0 unspecified atom stereocenters. The highest BCUT2D eigenvalue weighted by Crippen LogP contribution is 2.31. The molecule has 2 rings (SSSR count). The molecule has 22 heavy (non-hydrogen) atoms. The molecule has 7 nitrogen and oxygen atoms in total. The topological polar surface area (TPSA) is 101 Å². The van der Waals surface area contributed by atoms with Crippen molar-refractivity contribution in [1.29, 1.82) is 0 Å². The molecule has 0 aliphatic heterocycles. The number of alkyl halides is 2. The Morgan fingerprint density at radius 1 is 1.50 bits per heavy atom. The summed E-state index contributed by atoms with van der Waals surface area (Å²) >= 11 is 0.550. The first-order valence-electron chi connectivity index (χ1n) is 5.80. The molecule has 0 spiro atoms. The molecular formula is C11H11F2N3O4S2. The molecule has 11 heteroatoms. The number of aromatic nitrogens is 2. The van der Waals surface area contributed by atoms with E-state index in [2.05, 4.69) is 5.10 Å². The van der Waals surface area contributed by atoms with Crippen molar-refractivity contribution in [3.63, 3.8) is 0 Å². The molecule has 2 N–H and O–H groups in total. The molecule has 0 amide bonds. The standard InChI is InChI=1S/C11H11F2N3O4S2/c1-5-3-7(21-9(5)11(17)18)22(19,20)15-6-4-14-16(2)8(6)10(12)13/h3-4,10,15H,1-2H3,(H,17,18). The van der Waals surface area contributed by atoms with Gasteiger partial charge in [0.1, 0.15) is 14.8 Å². The van der Waals surface area contributed by atoms with E-state index in [1.165, 1.54) is 20.0 Å². The summed E-state index contributed by atoms with van der Waals surface area (Å²) in [6, 6.07) is 1.18. The van der Waals surface area contributed by atoms with Gasteiger partial charge in [0.05, 0.1) is 11.9 Å². The number of carboxylic acids is 1. The number of nitrogens with zero attached hydrogens (tertiary/aromatic N) is 2. The highest BCUT2D eigenvalue weighted by molar-refractivity contribution is 7.94. The molecule has 2 aromatic rings. The maximum absolute atomic E-state index is 12.9. The van der Waals surface area contributed by atoms with Gasteiger partial charge in [-0.25, -0.2) is 22.0 Å². The molecule has 0 saturated carbocycles. The molecule has 0 bridgehead atoms. The van der Waals surface area contributed by atoms with Crippen molar-refractivity contribution in [1.82, 2.24) is 9.78 Å². The van der Waals surface area contributed by atoms with Crippen LogP contribution in [0, 0.1) is 6.92 Å². The number of aromatic carboxylic acids is 1. The summed E-state index contributed by atoms with van der Waals surface area (Å²) in [5.41, 5.74) is -0.645. The quantitative estimate of drug-likeness (QED) is 0.860. The van der Waals surface area contributed by atoms with Crippen molar-refractivity contribution in [3.8, 4) is 0 Å². The normalized spacial score (nSPS) is 11.9. The zero-order chi connectivity index (χ0) is 16.7. The highest BCUT2D eigenvalue weighted by atomic mass is 32.2. The monoisotopic (exact) mass is 351 g/mol. The first-order chi connectivity index (χ1) is 10.1. The first kappa shape index (κ1) is 16.4. The second kappa shape index (κ2) is 5.65. The van der Waals surface area contributed by atoms with Crippen LogP contribution in [0.4, 0.5) is 14.5 Å². The second-order valence-corrected chi connectivity index (χ2v) is 7.32. The van der Waals surface area contributed by atoms with Gasteiger partial charge in [-0.15, -0.1) is 11.3 Å². The third-order valence-electron chi connectivity index (χ3n) is 2.79. The summed E-state index contributed by atoms with van der Waals surface area (Å²) in [5, 5.41) is 12.5. The average molecular weight is 351 g/mol. The van der Waals surface area contributed by atoms with Crippen molar-refractivity contribution in [2.24, 2.45) is 7.05 Å². The van der Waals surface area contributed by atoms with Gasteiger partial charge < -0.3 is 5.11 Å². The molecular weight excluding hydrogens is 340 g/mol. The Hall–Kier alpha value is -2.01. The molecule has 2 heterocycles. The van der Waals surface area contributed by atoms with E-state index in [-0.39, 0.29) is 20.3 Å². The number of anilines is 1. The van der Waals surface area contributed by atoms with Crippen LogP contribution in [0.2, 0.25) is 0 Å².